The number of hydrogen-bond acceptors (Lipinski definition) is 3. The standard InChI is InChI=1S/C13H24O3/c1-6-8-9-10(7-2)11(14)16-12(15)13(3,4)5/h10H,6-9H2,1-5H3. The van der Waals surface area contributed by atoms with Gasteiger partial charge in [0.05, 0.1) is 11.3 Å². The van der Waals surface area contributed by atoms with Crippen molar-refractivity contribution in [2.45, 2.75) is 60.3 Å². The summed E-state index contributed by atoms with van der Waals surface area (Å²) in [6.07, 6.45) is 3.59. The molecule has 3 heteroatoms. The minimum absolute atomic E-state index is 0.133. The first-order chi connectivity index (χ1) is 7.32. The molecular weight excluding hydrogens is 204 g/mol. The van der Waals surface area contributed by atoms with Gasteiger partial charge in [0.2, 0.25) is 0 Å². The molecule has 1 atom stereocenters. The molecule has 0 aliphatic heterocycles. The molecule has 0 rings (SSSR count). The van der Waals surface area contributed by atoms with Crippen LogP contribution in [-0.4, -0.2) is 11.9 Å². The van der Waals surface area contributed by atoms with E-state index in [1.807, 2.05) is 6.92 Å². The van der Waals surface area contributed by atoms with Crippen molar-refractivity contribution in [2.24, 2.45) is 11.3 Å². The Morgan fingerprint density at radius 3 is 2.12 bits per heavy atom. The van der Waals surface area contributed by atoms with Crippen LogP contribution in [0, 0.1) is 11.3 Å². The molecule has 0 aromatic rings. The first-order valence-corrected chi connectivity index (χ1v) is 6.09. The Kier molecular flexibility index (Phi) is 6.31. The second kappa shape index (κ2) is 6.66. The fourth-order valence-electron chi connectivity index (χ4n) is 1.27. The van der Waals surface area contributed by atoms with Gasteiger partial charge in [-0.3, -0.25) is 9.59 Å². The molecule has 1 unspecified atom stereocenters. The van der Waals surface area contributed by atoms with E-state index in [0.29, 0.717) is 0 Å². The Morgan fingerprint density at radius 1 is 1.19 bits per heavy atom. The van der Waals surface area contributed by atoms with Crippen molar-refractivity contribution in [1.82, 2.24) is 0 Å². The van der Waals surface area contributed by atoms with E-state index in [-0.39, 0.29) is 11.9 Å². The number of esters is 2. The predicted octanol–water partition coefficient (Wildman–Crippen LogP) is 3.32. The first kappa shape index (κ1) is 15.1. The molecule has 0 amide bonds. The van der Waals surface area contributed by atoms with Crippen molar-refractivity contribution in [1.29, 1.82) is 0 Å². The zero-order valence-electron chi connectivity index (χ0n) is 11.1. The van der Waals surface area contributed by atoms with Crippen molar-refractivity contribution in [2.75, 3.05) is 0 Å². The Balaban J connectivity index is 4.26. The lowest BCUT2D eigenvalue weighted by Crippen LogP contribution is -2.29. The van der Waals surface area contributed by atoms with Crippen LogP contribution in [0.3, 0.4) is 0 Å². The molecule has 3 nitrogen and oxygen atoms in total. The third-order valence-corrected chi connectivity index (χ3v) is 2.54. The maximum Gasteiger partial charge on any atom is 0.318 e. The van der Waals surface area contributed by atoms with Gasteiger partial charge in [0.1, 0.15) is 0 Å². The number of rotatable bonds is 5. The second-order valence-electron chi connectivity index (χ2n) is 5.21. The molecule has 0 aliphatic carbocycles. The van der Waals surface area contributed by atoms with Gasteiger partial charge in [-0.05, 0) is 33.6 Å². The number of carbonyl (C=O) groups excluding carboxylic acids is 2. The normalized spacial score (nSPS) is 13.3. The summed E-state index contributed by atoms with van der Waals surface area (Å²) < 4.78 is 4.89. The number of ether oxygens (including phenoxy) is 1. The molecule has 16 heavy (non-hydrogen) atoms. The van der Waals surface area contributed by atoms with E-state index in [4.69, 9.17) is 4.74 Å². The molecule has 0 fully saturated rings. The van der Waals surface area contributed by atoms with Crippen molar-refractivity contribution in [3.05, 3.63) is 0 Å². The van der Waals surface area contributed by atoms with E-state index >= 15 is 0 Å². The van der Waals surface area contributed by atoms with Crippen LogP contribution in [0.25, 0.3) is 0 Å². The fraction of sp³-hybridized carbons (Fsp3) is 0.846. The van der Waals surface area contributed by atoms with Crippen LogP contribution in [0.4, 0.5) is 0 Å². The van der Waals surface area contributed by atoms with Gasteiger partial charge in [-0.25, -0.2) is 0 Å². The van der Waals surface area contributed by atoms with Crippen LogP contribution in [0.1, 0.15) is 60.3 Å². The van der Waals surface area contributed by atoms with Gasteiger partial charge in [-0.2, -0.15) is 0 Å². The molecular formula is C13H24O3. The summed E-state index contributed by atoms with van der Waals surface area (Å²) in [5, 5.41) is 0. The highest BCUT2D eigenvalue weighted by molar-refractivity contribution is 5.89. The average Bonchev–Trinajstić information content (AvgIpc) is 2.17. The predicted molar refractivity (Wildman–Crippen MR) is 63.9 cm³/mol. The summed E-state index contributed by atoms with van der Waals surface area (Å²) in [5.74, 6) is -0.936. The second-order valence-corrected chi connectivity index (χ2v) is 5.21. The highest BCUT2D eigenvalue weighted by Crippen LogP contribution is 2.19. The van der Waals surface area contributed by atoms with Crippen molar-refractivity contribution in [3.63, 3.8) is 0 Å². The molecule has 0 heterocycles. The van der Waals surface area contributed by atoms with Crippen LogP contribution >= 0.6 is 0 Å². The maximum atomic E-state index is 11.7. The van der Waals surface area contributed by atoms with Gasteiger partial charge in [0.15, 0.2) is 0 Å². The van der Waals surface area contributed by atoms with Gasteiger partial charge in [-0.15, -0.1) is 0 Å². The van der Waals surface area contributed by atoms with E-state index in [0.717, 1.165) is 25.7 Å². The summed E-state index contributed by atoms with van der Waals surface area (Å²) in [6.45, 7) is 9.27. The molecule has 0 aromatic heterocycles. The van der Waals surface area contributed by atoms with Gasteiger partial charge >= 0.3 is 11.9 Å². The first-order valence-electron chi connectivity index (χ1n) is 6.09. The van der Waals surface area contributed by atoms with Crippen LogP contribution < -0.4 is 0 Å². The van der Waals surface area contributed by atoms with E-state index in [9.17, 15) is 9.59 Å². The van der Waals surface area contributed by atoms with E-state index in [1.165, 1.54) is 0 Å². The van der Waals surface area contributed by atoms with Crippen molar-refractivity contribution < 1.29 is 14.3 Å². The van der Waals surface area contributed by atoms with Crippen molar-refractivity contribution in [3.8, 4) is 0 Å². The highest BCUT2D eigenvalue weighted by Gasteiger charge is 2.28. The molecule has 94 valence electrons. The van der Waals surface area contributed by atoms with E-state index in [1.54, 1.807) is 20.8 Å². The molecule has 0 bridgehead atoms. The third-order valence-electron chi connectivity index (χ3n) is 2.54. The summed E-state index contributed by atoms with van der Waals surface area (Å²) in [7, 11) is 0. The molecule has 0 saturated carbocycles. The summed E-state index contributed by atoms with van der Waals surface area (Å²) in [5.41, 5.74) is -0.612. The summed E-state index contributed by atoms with van der Waals surface area (Å²) >= 11 is 0. The zero-order chi connectivity index (χ0) is 12.8. The highest BCUT2D eigenvalue weighted by atomic mass is 16.6. The third kappa shape index (κ3) is 5.29. The lowest BCUT2D eigenvalue weighted by molar-refractivity contribution is -0.168. The van der Waals surface area contributed by atoms with Gasteiger partial charge < -0.3 is 4.74 Å². The Morgan fingerprint density at radius 2 is 1.75 bits per heavy atom. The lowest BCUT2D eigenvalue weighted by atomic mass is 9.96. The fourth-order valence-corrected chi connectivity index (χ4v) is 1.27. The number of hydrogen-bond donors (Lipinski definition) is 0. The SMILES string of the molecule is CCCCC(CC)C(=O)OC(=O)C(C)(C)C. The van der Waals surface area contributed by atoms with Crippen molar-refractivity contribution >= 4 is 11.9 Å². The number of unbranched alkanes of at least 4 members (excludes halogenated alkanes) is 1. The minimum atomic E-state index is -0.612. The Hall–Kier alpha value is -0.860. The zero-order valence-corrected chi connectivity index (χ0v) is 11.1. The molecule has 0 radical (unpaired) electrons. The van der Waals surface area contributed by atoms with Crippen LogP contribution in [0.2, 0.25) is 0 Å². The Bertz CT molecular complexity index is 238. The molecule has 0 aromatic carbocycles. The smallest absolute Gasteiger partial charge is 0.318 e. The van der Waals surface area contributed by atoms with E-state index in [2.05, 4.69) is 6.92 Å². The molecule has 0 aliphatic rings. The summed E-state index contributed by atoms with van der Waals surface area (Å²) in [4.78, 5) is 23.2. The topological polar surface area (TPSA) is 43.4 Å². The molecule has 0 saturated heterocycles. The number of carbonyl (C=O) groups is 2. The Labute approximate surface area is 98.6 Å². The van der Waals surface area contributed by atoms with E-state index < -0.39 is 11.4 Å². The average molecular weight is 228 g/mol. The largest absolute Gasteiger partial charge is 0.393 e. The van der Waals surface area contributed by atoms with Crippen LogP contribution in [0.15, 0.2) is 0 Å². The maximum absolute atomic E-state index is 11.7. The van der Waals surface area contributed by atoms with Crippen LogP contribution in [0.5, 0.6) is 0 Å². The lowest BCUT2D eigenvalue weighted by Gasteiger charge is -2.18. The van der Waals surface area contributed by atoms with Gasteiger partial charge in [0, 0.05) is 0 Å². The van der Waals surface area contributed by atoms with Gasteiger partial charge in [-0.1, -0.05) is 26.7 Å². The molecule has 0 spiro atoms. The summed E-state index contributed by atoms with van der Waals surface area (Å²) in [6, 6.07) is 0. The monoisotopic (exact) mass is 228 g/mol. The van der Waals surface area contributed by atoms with Crippen LogP contribution in [-0.2, 0) is 14.3 Å². The van der Waals surface area contributed by atoms with Gasteiger partial charge in [0.25, 0.3) is 0 Å². The molecule has 0 N–H and O–H groups in total. The quantitative estimate of drug-likeness (QED) is 0.535. The minimum Gasteiger partial charge on any atom is -0.393 e.